The molecule has 0 saturated carbocycles. The Balaban J connectivity index is 1.69. The van der Waals surface area contributed by atoms with Crippen LogP contribution in [0, 0.1) is 6.92 Å². The summed E-state index contributed by atoms with van der Waals surface area (Å²) in [5, 5.41) is 0.601. The molecule has 6 nitrogen and oxygen atoms in total. The third-order valence-electron chi connectivity index (χ3n) is 5.36. The fourth-order valence-corrected chi connectivity index (χ4v) is 3.79. The van der Waals surface area contributed by atoms with Gasteiger partial charge in [0.15, 0.2) is 0 Å². The molecule has 0 atom stereocenters. The molecule has 1 aliphatic rings. The minimum absolute atomic E-state index is 0.137. The molecule has 2 aromatic rings. The molecule has 0 spiro atoms. The van der Waals surface area contributed by atoms with Crippen molar-refractivity contribution in [3.05, 3.63) is 41.2 Å². The van der Waals surface area contributed by atoms with Crippen LogP contribution in [-0.2, 0) is 9.53 Å². The number of piperidine rings is 1. The molecular weight excluding hydrogens is 376 g/mol. The van der Waals surface area contributed by atoms with Gasteiger partial charge in [-0.2, -0.15) is 0 Å². The summed E-state index contributed by atoms with van der Waals surface area (Å²) in [6.45, 7) is 4.19. The zero-order valence-corrected chi connectivity index (χ0v) is 17.4. The minimum Gasteiger partial charge on any atom is -0.384 e. The van der Waals surface area contributed by atoms with Gasteiger partial charge in [0.2, 0.25) is 5.91 Å². The molecule has 1 amide bonds. The van der Waals surface area contributed by atoms with Crippen LogP contribution in [0.4, 0.5) is 5.82 Å². The Bertz CT molecular complexity index is 822. The lowest BCUT2D eigenvalue weighted by atomic mass is 10.0. The Kier molecular flexibility index (Phi) is 6.86. The third kappa shape index (κ3) is 4.62. The number of halogens is 1. The monoisotopic (exact) mass is 402 g/mol. The van der Waals surface area contributed by atoms with Crippen molar-refractivity contribution in [1.82, 2.24) is 14.9 Å². The Labute approximate surface area is 171 Å². The first-order valence-corrected chi connectivity index (χ1v) is 9.96. The van der Waals surface area contributed by atoms with Gasteiger partial charge >= 0.3 is 0 Å². The van der Waals surface area contributed by atoms with Crippen LogP contribution in [0.2, 0.25) is 5.02 Å². The number of aromatic nitrogens is 2. The second-order valence-corrected chi connectivity index (χ2v) is 7.56. The molecular formula is C21H27ClN4O2. The number of hydrogen-bond donors (Lipinski definition) is 0. The van der Waals surface area contributed by atoms with Crippen LogP contribution >= 0.6 is 11.6 Å². The smallest absolute Gasteiger partial charge is 0.224 e. The van der Waals surface area contributed by atoms with E-state index in [1.807, 2.05) is 37.1 Å². The summed E-state index contributed by atoms with van der Waals surface area (Å²) in [4.78, 5) is 25.4. The number of rotatable bonds is 6. The molecule has 0 radical (unpaired) electrons. The number of amides is 1. The number of carbonyl (C=O) groups excluding carboxylic acids is 1. The molecule has 1 saturated heterocycles. The minimum atomic E-state index is 0.137. The Morgan fingerprint density at radius 2 is 2.11 bits per heavy atom. The summed E-state index contributed by atoms with van der Waals surface area (Å²) in [6, 6.07) is 6.22. The van der Waals surface area contributed by atoms with Crippen molar-refractivity contribution in [3.63, 3.8) is 0 Å². The van der Waals surface area contributed by atoms with Crippen LogP contribution < -0.4 is 4.90 Å². The van der Waals surface area contributed by atoms with Gasteiger partial charge in [0.05, 0.1) is 23.7 Å². The number of methoxy groups -OCH3 is 1. The predicted octanol–water partition coefficient (Wildman–Crippen LogP) is 3.57. The molecule has 0 bridgehead atoms. The Morgan fingerprint density at radius 3 is 2.79 bits per heavy atom. The molecule has 28 heavy (non-hydrogen) atoms. The SMILES string of the molecule is COCCC(=O)N(C)C1CCN(c2cc(-c3ncccc3C)c(Cl)cn2)CC1. The van der Waals surface area contributed by atoms with Crippen LogP contribution in [0.5, 0.6) is 0 Å². The zero-order chi connectivity index (χ0) is 20.1. The summed E-state index contributed by atoms with van der Waals surface area (Å²) in [5.74, 6) is 1.04. The van der Waals surface area contributed by atoms with E-state index in [2.05, 4.69) is 14.9 Å². The molecule has 7 heteroatoms. The molecule has 0 aromatic carbocycles. The van der Waals surface area contributed by atoms with Gasteiger partial charge in [-0.1, -0.05) is 17.7 Å². The molecule has 2 aromatic heterocycles. The fraction of sp³-hybridized carbons (Fsp3) is 0.476. The van der Waals surface area contributed by atoms with Crippen molar-refractivity contribution >= 4 is 23.3 Å². The van der Waals surface area contributed by atoms with E-state index in [1.165, 1.54) is 0 Å². The van der Waals surface area contributed by atoms with Crippen molar-refractivity contribution in [2.45, 2.75) is 32.2 Å². The standard InChI is InChI=1S/C21H27ClN4O2/c1-15-5-4-9-23-21(15)17-13-19(24-14-18(17)22)26-10-6-16(7-11-26)25(2)20(27)8-12-28-3/h4-5,9,13-14,16H,6-8,10-12H2,1-3H3. The van der Waals surface area contributed by atoms with Gasteiger partial charge < -0.3 is 14.5 Å². The second kappa shape index (κ2) is 9.34. The van der Waals surface area contributed by atoms with Crippen molar-refractivity contribution in [2.75, 3.05) is 38.8 Å². The predicted molar refractivity (Wildman–Crippen MR) is 112 cm³/mol. The summed E-state index contributed by atoms with van der Waals surface area (Å²) >= 11 is 6.41. The number of aryl methyl sites for hydroxylation is 1. The molecule has 1 fully saturated rings. The van der Waals surface area contributed by atoms with Gasteiger partial charge in [0, 0.05) is 51.2 Å². The zero-order valence-electron chi connectivity index (χ0n) is 16.7. The number of anilines is 1. The van der Waals surface area contributed by atoms with Crippen molar-refractivity contribution in [3.8, 4) is 11.3 Å². The Morgan fingerprint density at radius 1 is 1.36 bits per heavy atom. The van der Waals surface area contributed by atoms with Gasteiger partial charge in [0.1, 0.15) is 5.82 Å². The average molecular weight is 403 g/mol. The van der Waals surface area contributed by atoms with Gasteiger partial charge in [-0.05, 0) is 37.5 Å². The molecule has 0 aliphatic carbocycles. The van der Waals surface area contributed by atoms with Gasteiger partial charge in [-0.3, -0.25) is 9.78 Å². The molecule has 0 unspecified atom stereocenters. The largest absolute Gasteiger partial charge is 0.384 e. The number of pyridine rings is 2. The molecule has 150 valence electrons. The highest BCUT2D eigenvalue weighted by atomic mass is 35.5. The van der Waals surface area contributed by atoms with Gasteiger partial charge in [-0.25, -0.2) is 4.98 Å². The summed E-state index contributed by atoms with van der Waals surface area (Å²) in [5.41, 5.74) is 2.87. The van der Waals surface area contributed by atoms with Gasteiger partial charge in [0.25, 0.3) is 0 Å². The maximum absolute atomic E-state index is 12.2. The quantitative estimate of drug-likeness (QED) is 0.739. The third-order valence-corrected chi connectivity index (χ3v) is 5.66. The summed E-state index contributed by atoms with van der Waals surface area (Å²) in [7, 11) is 3.51. The van der Waals surface area contributed by atoms with E-state index in [9.17, 15) is 4.79 Å². The van der Waals surface area contributed by atoms with Crippen molar-refractivity contribution < 1.29 is 9.53 Å². The highest BCUT2D eigenvalue weighted by Gasteiger charge is 2.26. The average Bonchev–Trinajstić information content (AvgIpc) is 2.72. The maximum Gasteiger partial charge on any atom is 0.224 e. The van der Waals surface area contributed by atoms with E-state index in [-0.39, 0.29) is 11.9 Å². The molecule has 1 aliphatic heterocycles. The van der Waals surface area contributed by atoms with Gasteiger partial charge in [-0.15, -0.1) is 0 Å². The van der Waals surface area contributed by atoms with E-state index in [0.717, 1.165) is 48.6 Å². The highest BCUT2D eigenvalue weighted by molar-refractivity contribution is 6.33. The highest BCUT2D eigenvalue weighted by Crippen LogP contribution is 2.32. The molecule has 0 N–H and O–H groups in total. The maximum atomic E-state index is 12.2. The van der Waals surface area contributed by atoms with Crippen LogP contribution in [0.25, 0.3) is 11.3 Å². The van der Waals surface area contributed by atoms with Crippen molar-refractivity contribution in [1.29, 1.82) is 0 Å². The topological polar surface area (TPSA) is 58.6 Å². The van der Waals surface area contributed by atoms with Crippen LogP contribution in [-0.4, -0.2) is 60.7 Å². The first-order valence-electron chi connectivity index (χ1n) is 9.58. The van der Waals surface area contributed by atoms with E-state index in [0.29, 0.717) is 18.1 Å². The van der Waals surface area contributed by atoms with E-state index in [1.54, 1.807) is 19.5 Å². The normalized spacial score (nSPS) is 14.9. The Hall–Kier alpha value is -2.18. The second-order valence-electron chi connectivity index (χ2n) is 7.16. The fourth-order valence-electron chi connectivity index (χ4n) is 3.60. The van der Waals surface area contributed by atoms with Crippen molar-refractivity contribution in [2.24, 2.45) is 0 Å². The number of hydrogen-bond acceptors (Lipinski definition) is 5. The summed E-state index contributed by atoms with van der Waals surface area (Å²) < 4.78 is 5.01. The van der Waals surface area contributed by atoms with E-state index in [4.69, 9.17) is 16.3 Å². The van der Waals surface area contributed by atoms with E-state index < -0.39 is 0 Å². The van der Waals surface area contributed by atoms with Crippen LogP contribution in [0.15, 0.2) is 30.6 Å². The summed E-state index contributed by atoms with van der Waals surface area (Å²) in [6.07, 6.45) is 5.74. The first kappa shape index (κ1) is 20.6. The lowest BCUT2D eigenvalue weighted by Gasteiger charge is -2.37. The van der Waals surface area contributed by atoms with E-state index >= 15 is 0 Å². The number of ether oxygens (including phenoxy) is 1. The lowest BCUT2D eigenvalue weighted by molar-refractivity contribution is -0.133. The van der Waals surface area contributed by atoms with Crippen LogP contribution in [0.1, 0.15) is 24.8 Å². The lowest BCUT2D eigenvalue weighted by Crippen LogP contribution is -2.46. The number of nitrogens with zero attached hydrogens (tertiary/aromatic N) is 4. The molecule has 3 rings (SSSR count). The van der Waals surface area contributed by atoms with Crippen LogP contribution in [0.3, 0.4) is 0 Å². The molecule has 3 heterocycles. The first-order chi connectivity index (χ1) is 13.5. The number of carbonyl (C=O) groups is 1.